The van der Waals surface area contributed by atoms with Crippen molar-refractivity contribution >= 4 is 23.2 Å². The topological polar surface area (TPSA) is 79.7 Å². The third kappa shape index (κ3) is 2.76. The number of rotatable bonds is 3. The van der Waals surface area contributed by atoms with Crippen LogP contribution >= 0.6 is 11.6 Å². The van der Waals surface area contributed by atoms with E-state index >= 15 is 0 Å². The van der Waals surface area contributed by atoms with Crippen molar-refractivity contribution < 1.29 is 28.2 Å². The first-order valence-electron chi connectivity index (χ1n) is 10.3. The maximum absolute atomic E-state index is 14.1. The fraction of sp³-hybridized carbons (Fsp3) is 0.292. The summed E-state index contributed by atoms with van der Waals surface area (Å²) < 4.78 is 32.4. The summed E-state index contributed by atoms with van der Waals surface area (Å²) in [5, 5.41) is 4.59. The molecular formula is C24H20ClFN2O5. The predicted molar refractivity (Wildman–Crippen MR) is 118 cm³/mol. The van der Waals surface area contributed by atoms with Crippen molar-refractivity contribution in [2.24, 2.45) is 13.0 Å². The zero-order chi connectivity index (χ0) is 23.7. The number of hydrogen-bond donors (Lipinski definition) is 0. The first-order valence-corrected chi connectivity index (χ1v) is 10.7. The Morgan fingerprint density at radius 2 is 1.85 bits per heavy atom. The minimum atomic E-state index is -1.84. The maximum atomic E-state index is 14.1. The van der Waals surface area contributed by atoms with Gasteiger partial charge >= 0.3 is 0 Å². The van der Waals surface area contributed by atoms with Crippen LogP contribution in [0, 0.1) is 11.7 Å². The van der Waals surface area contributed by atoms with Gasteiger partial charge in [-0.3, -0.25) is 14.3 Å². The second-order valence-corrected chi connectivity index (χ2v) is 8.58. The van der Waals surface area contributed by atoms with E-state index in [1.54, 1.807) is 26.1 Å². The monoisotopic (exact) mass is 470 g/mol. The fourth-order valence-electron chi connectivity index (χ4n) is 4.85. The highest BCUT2D eigenvalue weighted by molar-refractivity contribution is 6.36. The van der Waals surface area contributed by atoms with Crippen LogP contribution in [0.4, 0.5) is 4.39 Å². The standard InChI is InChI=1S/C24H20ClFN2O5/c1-11-8-14-17(20(28(2)27-14)12-6-5-7-13(26)9-12)22(29)24(11)23(30)18-15(31-3)10-16(32-4)19(25)21(18)33-24/h5-7,9-11H,8H2,1-4H3/t11-,24+/m1/s1. The second kappa shape index (κ2) is 7.31. The molecule has 0 N–H and O–H groups in total. The number of aryl methyl sites for hydroxylation is 1. The number of carbonyl (C=O) groups excluding carboxylic acids is 2. The van der Waals surface area contributed by atoms with Crippen LogP contribution in [0.25, 0.3) is 11.3 Å². The highest BCUT2D eigenvalue weighted by Gasteiger charge is 2.62. The maximum Gasteiger partial charge on any atom is 0.237 e. The van der Waals surface area contributed by atoms with Gasteiger partial charge in [0, 0.05) is 24.6 Å². The summed E-state index contributed by atoms with van der Waals surface area (Å²) in [6, 6.07) is 7.38. The molecule has 1 aromatic heterocycles. The molecule has 7 nitrogen and oxygen atoms in total. The van der Waals surface area contributed by atoms with Gasteiger partial charge in [-0.25, -0.2) is 4.39 Å². The summed E-state index contributed by atoms with van der Waals surface area (Å²) in [7, 11) is 4.52. The van der Waals surface area contributed by atoms with Gasteiger partial charge < -0.3 is 14.2 Å². The van der Waals surface area contributed by atoms with E-state index in [0.29, 0.717) is 23.4 Å². The number of benzene rings is 2. The summed E-state index contributed by atoms with van der Waals surface area (Å²) in [5.74, 6) is -1.54. The fourth-order valence-corrected chi connectivity index (χ4v) is 5.11. The molecule has 0 fully saturated rings. The van der Waals surface area contributed by atoms with Crippen LogP contribution in [0.3, 0.4) is 0 Å². The summed E-state index contributed by atoms with van der Waals surface area (Å²) in [4.78, 5) is 27.9. The van der Waals surface area contributed by atoms with Gasteiger partial charge in [0.1, 0.15) is 27.9 Å². The Kier molecular flexibility index (Phi) is 4.75. The molecule has 2 aliphatic rings. The average molecular weight is 471 g/mol. The van der Waals surface area contributed by atoms with Gasteiger partial charge in [0.25, 0.3) is 0 Å². The number of nitrogens with zero attached hydrogens (tertiary/aromatic N) is 2. The zero-order valence-corrected chi connectivity index (χ0v) is 19.1. The molecule has 0 amide bonds. The molecule has 5 rings (SSSR count). The van der Waals surface area contributed by atoms with Crippen LogP contribution in [0.15, 0.2) is 30.3 Å². The van der Waals surface area contributed by atoms with Crippen LogP contribution in [-0.4, -0.2) is 41.2 Å². The third-order valence-electron chi connectivity index (χ3n) is 6.39. The van der Waals surface area contributed by atoms with Gasteiger partial charge in [0.15, 0.2) is 5.75 Å². The number of aromatic nitrogens is 2. The quantitative estimate of drug-likeness (QED) is 0.531. The van der Waals surface area contributed by atoms with Crippen LogP contribution in [0.1, 0.15) is 33.3 Å². The van der Waals surface area contributed by atoms with E-state index in [1.807, 2.05) is 0 Å². The van der Waals surface area contributed by atoms with E-state index in [-0.39, 0.29) is 33.4 Å². The lowest BCUT2D eigenvalue weighted by atomic mass is 9.71. The number of fused-ring (bicyclic) bond motifs is 2. The molecule has 2 heterocycles. The highest BCUT2D eigenvalue weighted by Crippen LogP contribution is 2.54. The SMILES string of the molecule is COc1cc(OC)c2c(c1Cl)O[C@]1(C2=O)C(=O)c2c(nn(C)c2-c2cccc(F)c2)C[C@H]1C. The summed E-state index contributed by atoms with van der Waals surface area (Å²) in [6.07, 6.45) is 0.307. The van der Waals surface area contributed by atoms with Crippen molar-refractivity contribution in [1.29, 1.82) is 0 Å². The Bertz CT molecular complexity index is 1350. The van der Waals surface area contributed by atoms with Crippen molar-refractivity contribution in [3.63, 3.8) is 0 Å². The summed E-state index contributed by atoms with van der Waals surface area (Å²) in [6.45, 7) is 1.76. The molecule has 170 valence electrons. The lowest BCUT2D eigenvalue weighted by Crippen LogP contribution is -2.56. The molecule has 0 bridgehead atoms. The molecule has 3 aromatic rings. The van der Waals surface area contributed by atoms with Gasteiger partial charge in [-0.2, -0.15) is 5.10 Å². The van der Waals surface area contributed by atoms with Gasteiger partial charge in [0.05, 0.1) is 31.2 Å². The first kappa shape index (κ1) is 21.5. The number of halogens is 2. The van der Waals surface area contributed by atoms with E-state index in [0.717, 1.165) is 0 Å². The molecule has 0 saturated heterocycles. The number of methoxy groups -OCH3 is 2. The van der Waals surface area contributed by atoms with Gasteiger partial charge in [-0.05, 0) is 18.6 Å². The zero-order valence-electron chi connectivity index (χ0n) is 18.4. The number of ketones is 2. The number of Topliss-reactive ketones (excluding diaryl/α,β-unsaturated/α-hetero) is 2. The largest absolute Gasteiger partial charge is 0.496 e. The number of ether oxygens (including phenoxy) is 3. The van der Waals surface area contributed by atoms with Gasteiger partial charge in [0.2, 0.25) is 17.2 Å². The smallest absolute Gasteiger partial charge is 0.237 e. The van der Waals surface area contributed by atoms with Crippen molar-refractivity contribution in [3.05, 3.63) is 58.0 Å². The minimum absolute atomic E-state index is 0.0534. The lowest BCUT2D eigenvalue weighted by molar-refractivity contribution is 0.0259. The Hall–Kier alpha value is -3.39. The second-order valence-electron chi connectivity index (χ2n) is 8.20. The Morgan fingerprint density at radius 1 is 1.15 bits per heavy atom. The van der Waals surface area contributed by atoms with E-state index in [4.69, 9.17) is 25.8 Å². The van der Waals surface area contributed by atoms with Crippen LogP contribution in [0.2, 0.25) is 5.02 Å². The van der Waals surface area contributed by atoms with Crippen molar-refractivity contribution in [2.75, 3.05) is 14.2 Å². The molecular weight excluding hydrogens is 451 g/mol. The molecule has 33 heavy (non-hydrogen) atoms. The minimum Gasteiger partial charge on any atom is -0.496 e. The normalized spacial score (nSPS) is 21.1. The average Bonchev–Trinajstić information content (AvgIpc) is 3.28. The molecule has 0 unspecified atom stereocenters. The van der Waals surface area contributed by atoms with Crippen LogP contribution in [-0.2, 0) is 13.5 Å². The summed E-state index contributed by atoms with van der Waals surface area (Å²) in [5.41, 5.74) is -0.0762. The Balaban J connectivity index is 1.72. The van der Waals surface area contributed by atoms with E-state index in [1.165, 1.54) is 37.1 Å². The molecule has 2 atom stereocenters. The lowest BCUT2D eigenvalue weighted by Gasteiger charge is -2.35. The Morgan fingerprint density at radius 3 is 2.52 bits per heavy atom. The molecule has 2 aromatic carbocycles. The van der Waals surface area contributed by atoms with Gasteiger partial charge in [-0.1, -0.05) is 30.7 Å². The van der Waals surface area contributed by atoms with E-state index in [9.17, 15) is 14.0 Å². The van der Waals surface area contributed by atoms with Gasteiger partial charge in [-0.15, -0.1) is 0 Å². The molecule has 0 saturated carbocycles. The molecule has 1 aliphatic carbocycles. The van der Waals surface area contributed by atoms with E-state index in [2.05, 4.69) is 5.10 Å². The molecule has 1 spiro atoms. The molecule has 0 radical (unpaired) electrons. The third-order valence-corrected chi connectivity index (χ3v) is 6.75. The highest BCUT2D eigenvalue weighted by atomic mass is 35.5. The van der Waals surface area contributed by atoms with Crippen molar-refractivity contribution in [3.8, 4) is 28.5 Å². The number of hydrogen-bond acceptors (Lipinski definition) is 6. The Labute approximate surface area is 194 Å². The number of carbonyl (C=O) groups is 2. The predicted octanol–water partition coefficient (Wildman–Crippen LogP) is 4.29. The molecule has 9 heteroatoms. The first-order chi connectivity index (χ1) is 15.7. The summed E-state index contributed by atoms with van der Waals surface area (Å²) >= 11 is 6.47. The molecule has 1 aliphatic heterocycles. The van der Waals surface area contributed by atoms with Crippen molar-refractivity contribution in [2.45, 2.75) is 18.9 Å². The van der Waals surface area contributed by atoms with Crippen molar-refractivity contribution in [1.82, 2.24) is 9.78 Å². The van der Waals surface area contributed by atoms with E-state index < -0.39 is 28.9 Å². The van der Waals surface area contributed by atoms with Crippen LogP contribution in [0.5, 0.6) is 17.2 Å². The van der Waals surface area contributed by atoms with Crippen LogP contribution < -0.4 is 14.2 Å².